The van der Waals surface area contributed by atoms with Gasteiger partial charge in [-0.2, -0.15) is 4.98 Å². The van der Waals surface area contributed by atoms with E-state index in [1.807, 2.05) is 41.4 Å². The highest BCUT2D eigenvalue weighted by molar-refractivity contribution is 5.94. The fraction of sp³-hybridized carbons (Fsp3) is 0.346. The Balaban J connectivity index is 1.33. The summed E-state index contributed by atoms with van der Waals surface area (Å²) < 4.78 is 0. The largest absolute Gasteiger partial charge is 0.336 e. The van der Waals surface area contributed by atoms with Gasteiger partial charge < -0.3 is 20.0 Å². The first kappa shape index (κ1) is 21.4. The van der Waals surface area contributed by atoms with Crippen LogP contribution in [0.1, 0.15) is 27.0 Å². The predicted molar refractivity (Wildman–Crippen MR) is 132 cm³/mol. The number of piperazine rings is 1. The SMILES string of the molecule is Cc1ccc(Nc2ncc3c(n2)N(c2ccc(C(=O)N4CCN(C)CC4)cc2)CC3)cc1C. The number of nitrogens with zero attached hydrogens (tertiary/aromatic N) is 5. The zero-order valence-electron chi connectivity index (χ0n) is 19.5. The molecule has 1 N–H and O–H groups in total. The van der Waals surface area contributed by atoms with Crippen molar-refractivity contribution in [3.63, 3.8) is 0 Å². The number of fused-ring (bicyclic) bond motifs is 1. The van der Waals surface area contributed by atoms with E-state index in [0.717, 1.165) is 67.5 Å². The molecule has 2 aliphatic heterocycles. The minimum Gasteiger partial charge on any atom is -0.336 e. The summed E-state index contributed by atoms with van der Waals surface area (Å²) in [5, 5.41) is 3.33. The predicted octanol–water partition coefficient (Wildman–Crippen LogP) is 3.92. The molecule has 0 bridgehead atoms. The number of carbonyl (C=O) groups excluding carboxylic acids is 1. The first-order valence-corrected chi connectivity index (χ1v) is 11.5. The summed E-state index contributed by atoms with van der Waals surface area (Å²) in [6.45, 7) is 8.46. The lowest BCUT2D eigenvalue weighted by Gasteiger charge is -2.32. The Morgan fingerprint density at radius 1 is 0.939 bits per heavy atom. The van der Waals surface area contributed by atoms with Gasteiger partial charge >= 0.3 is 0 Å². The van der Waals surface area contributed by atoms with Gasteiger partial charge in [-0.1, -0.05) is 6.07 Å². The van der Waals surface area contributed by atoms with Crippen molar-refractivity contribution in [1.29, 1.82) is 0 Å². The highest BCUT2D eigenvalue weighted by Crippen LogP contribution is 2.33. The maximum absolute atomic E-state index is 12.9. The first-order valence-electron chi connectivity index (χ1n) is 11.5. The van der Waals surface area contributed by atoms with Crippen molar-refractivity contribution in [2.75, 3.05) is 50.0 Å². The second-order valence-corrected chi connectivity index (χ2v) is 9.01. The maximum atomic E-state index is 12.9. The van der Waals surface area contributed by atoms with Crippen molar-refractivity contribution in [1.82, 2.24) is 19.8 Å². The zero-order valence-corrected chi connectivity index (χ0v) is 19.5. The molecule has 33 heavy (non-hydrogen) atoms. The third-order valence-electron chi connectivity index (χ3n) is 6.68. The molecule has 2 aliphatic rings. The number of hydrogen-bond acceptors (Lipinski definition) is 6. The lowest BCUT2D eigenvalue weighted by molar-refractivity contribution is 0.0664. The second kappa shape index (κ2) is 8.83. The number of anilines is 4. The number of aryl methyl sites for hydroxylation is 2. The molecule has 1 saturated heterocycles. The molecule has 5 rings (SSSR count). The average molecular weight is 443 g/mol. The van der Waals surface area contributed by atoms with E-state index in [2.05, 4.69) is 53.1 Å². The molecule has 0 radical (unpaired) electrons. The summed E-state index contributed by atoms with van der Waals surface area (Å²) in [6.07, 6.45) is 2.82. The molecule has 0 saturated carbocycles. The molecule has 1 fully saturated rings. The van der Waals surface area contributed by atoms with E-state index in [0.29, 0.717) is 5.95 Å². The molecule has 0 spiro atoms. The van der Waals surface area contributed by atoms with Gasteiger partial charge in [0.15, 0.2) is 0 Å². The minimum atomic E-state index is 0.110. The third-order valence-corrected chi connectivity index (χ3v) is 6.68. The van der Waals surface area contributed by atoms with Crippen LogP contribution in [0.5, 0.6) is 0 Å². The molecule has 7 heteroatoms. The van der Waals surface area contributed by atoms with Gasteiger partial charge in [-0.15, -0.1) is 0 Å². The standard InChI is InChI=1S/C26H30N6O/c1-18-4-7-22(16-19(18)2)28-26-27-17-21-10-11-32(24(21)29-26)23-8-5-20(6-9-23)25(33)31-14-12-30(3)13-15-31/h4-9,16-17H,10-15H2,1-3H3,(H,27,28,29). The van der Waals surface area contributed by atoms with E-state index in [1.54, 1.807) is 0 Å². The van der Waals surface area contributed by atoms with Gasteiger partial charge in [0, 0.05) is 61.4 Å². The zero-order chi connectivity index (χ0) is 22.9. The third kappa shape index (κ3) is 4.41. The normalized spacial score (nSPS) is 16.1. The average Bonchev–Trinajstić information content (AvgIpc) is 3.25. The van der Waals surface area contributed by atoms with E-state index < -0.39 is 0 Å². The number of carbonyl (C=O) groups is 1. The second-order valence-electron chi connectivity index (χ2n) is 9.01. The lowest BCUT2D eigenvalue weighted by atomic mass is 10.1. The number of hydrogen-bond donors (Lipinski definition) is 1. The summed E-state index contributed by atoms with van der Waals surface area (Å²) in [6, 6.07) is 14.2. The van der Waals surface area contributed by atoms with Crippen molar-refractivity contribution in [2.24, 2.45) is 0 Å². The molecule has 1 aromatic heterocycles. The van der Waals surface area contributed by atoms with Gasteiger partial charge in [0.1, 0.15) is 5.82 Å². The van der Waals surface area contributed by atoms with Crippen LogP contribution in [0.15, 0.2) is 48.7 Å². The summed E-state index contributed by atoms with van der Waals surface area (Å²) in [5.41, 5.74) is 6.39. The van der Waals surface area contributed by atoms with Crippen LogP contribution in [-0.4, -0.2) is 65.4 Å². The van der Waals surface area contributed by atoms with Crippen molar-refractivity contribution in [2.45, 2.75) is 20.3 Å². The first-order chi connectivity index (χ1) is 16.0. The Bertz CT molecular complexity index is 1170. The molecule has 2 aromatic carbocycles. The summed E-state index contributed by atoms with van der Waals surface area (Å²) >= 11 is 0. The van der Waals surface area contributed by atoms with Crippen molar-refractivity contribution < 1.29 is 4.79 Å². The Labute approximate surface area is 195 Å². The van der Waals surface area contributed by atoms with Gasteiger partial charge in [-0.3, -0.25) is 4.79 Å². The lowest BCUT2D eigenvalue weighted by Crippen LogP contribution is -2.47. The molecule has 0 aliphatic carbocycles. The van der Waals surface area contributed by atoms with Crippen molar-refractivity contribution in [3.8, 4) is 0 Å². The molecule has 1 amide bonds. The Morgan fingerprint density at radius 2 is 1.70 bits per heavy atom. The van der Waals surface area contributed by atoms with Gasteiger partial charge in [0.2, 0.25) is 5.95 Å². The van der Waals surface area contributed by atoms with Crippen LogP contribution in [0.2, 0.25) is 0 Å². The van der Waals surface area contributed by atoms with Crippen LogP contribution >= 0.6 is 0 Å². The fourth-order valence-corrected chi connectivity index (χ4v) is 4.38. The number of amides is 1. The quantitative estimate of drug-likeness (QED) is 0.661. The van der Waals surface area contributed by atoms with Crippen molar-refractivity contribution >= 4 is 29.0 Å². The number of benzene rings is 2. The van der Waals surface area contributed by atoms with Gasteiger partial charge in [-0.25, -0.2) is 4.98 Å². The highest BCUT2D eigenvalue weighted by atomic mass is 16.2. The van der Waals surface area contributed by atoms with E-state index in [1.165, 1.54) is 11.1 Å². The van der Waals surface area contributed by atoms with Crippen LogP contribution in [0.4, 0.5) is 23.1 Å². The molecule has 170 valence electrons. The number of aromatic nitrogens is 2. The molecule has 7 nitrogen and oxygen atoms in total. The van der Waals surface area contributed by atoms with Crippen molar-refractivity contribution in [3.05, 3.63) is 70.9 Å². The summed E-state index contributed by atoms with van der Waals surface area (Å²) in [7, 11) is 2.09. The van der Waals surface area contributed by atoms with Gasteiger partial charge in [0.25, 0.3) is 5.91 Å². The summed E-state index contributed by atoms with van der Waals surface area (Å²) in [5.74, 6) is 1.62. The van der Waals surface area contributed by atoms with E-state index in [4.69, 9.17) is 4.98 Å². The fourth-order valence-electron chi connectivity index (χ4n) is 4.38. The Morgan fingerprint density at radius 3 is 2.42 bits per heavy atom. The minimum absolute atomic E-state index is 0.110. The Kier molecular flexibility index (Phi) is 5.72. The van der Waals surface area contributed by atoms with Crippen LogP contribution in [0.25, 0.3) is 0 Å². The topological polar surface area (TPSA) is 64.6 Å². The molecule has 3 aromatic rings. The van der Waals surface area contributed by atoms with Gasteiger partial charge in [-0.05, 0) is 74.8 Å². The highest BCUT2D eigenvalue weighted by Gasteiger charge is 2.24. The van der Waals surface area contributed by atoms with Crippen LogP contribution < -0.4 is 10.2 Å². The number of rotatable bonds is 4. The number of nitrogens with one attached hydrogen (secondary N) is 1. The molecular weight excluding hydrogens is 412 g/mol. The molecular formula is C26H30N6O. The van der Waals surface area contributed by atoms with Gasteiger partial charge in [0.05, 0.1) is 0 Å². The van der Waals surface area contributed by atoms with Crippen LogP contribution in [-0.2, 0) is 6.42 Å². The monoisotopic (exact) mass is 442 g/mol. The van der Waals surface area contributed by atoms with E-state index >= 15 is 0 Å². The van der Waals surface area contributed by atoms with Crippen LogP contribution in [0, 0.1) is 13.8 Å². The number of likely N-dealkylation sites (N-methyl/N-ethyl adjacent to an activating group) is 1. The summed E-state index contributed by atoms with van der Waals surface area (Å²) in [4.78, 5) is 28.6. The molecule has 0 atom stereocenters. The van der Waals surface area contributed by atoms with E-state index in [9.17, 15) is 4.79 Å². The maximum Gasteiger partial charge on any atom is 0.253 e. The molecule has 3 heterocycles. The smallest absolute Gasteiger partial charge is 0.253 e. The van der Waals surface area contributed by atoms with E-state index in [-0.39, 0.29) is 5.91 Å². The van der Waals surface area contributed by atoms with Crippen LogP contribution in [0.3, 0.4) is 0 Å². The Hall–Kier alpha value is -3.45. The molecule has 0 unspecified atom stereocenters.